The monoisotopic (exact) mass is 1370 g/mol. The number of aryl methyl sites for hydroxylation is 2. The highest BCUT2D eigenvalue weighted by Gasteiger charge is 2.37. The third-order valence-corrected chi connectivity index (χ3v) is 20.8. The molecule has 2 aliphatic rings. The van der Waals surface area contributed by atoms with E-state index in [4.69, 9.17) is 39.6 Å². The van der Waals surface area contributed by atoms with Crippen molar-refractivity contribution in [1.82, 2.24) is 75.9 Å². The molecule has 2 aliphatic heterocycles. The van der Waals surface area contributed by atoms with Crippen molar-refractivity contribution in [3.8, 4) is 49.2 Å². The van der Waals surface area contributed by atoms with Crippen LogP contribution < -0.4 is 26.6 Å². The smallest absolute Gasteiger partial charge is 0.326 e. The summed E-state index contributed by atoms with van der Waals surface area (Å²) in [6.07, 6.45) is 0.873. The van der Waals surface area contributed by atoms with Crippen molar-refractivity contribution in [2.24, 2.45) is 5.92 Å². The number of aliphatic hydroxyl groups excluding tert-OH is 1. The highest BCUT2D eigenvalue weighted by Crippen LogP contribution is 2.40. The van der Waals surface area contributed by atoms with E-state index in [1.807, 2.05) is 13.8 Å². The Hall–Kier alpha value is -8.96. The summed E-state index contributed by atoms with van der Waals surface area (Å²) >= 11 is 7.04. The highest BCUT2D eigenvalue weighted by molar-refractivity contribution is 7.15. The van der Waals surface area contributed by atoms with Gasteiger partial charge in [-0.2, -0.15) is 0 Å². The minimum absolute atomic E-state index is 0.00956. The van der Waals surface area contributed by atoms with Gasteiger partial charge in [0.2, 0.25) is 11.8 Å². The maximum atomic E-state index is 14.4. The number of likely N-dealkylation sites (tertiary alicyclic amines) is 1. The Bertz CT molecular complexity index is 4320. The van der Waals surface area contributed by atoms with Crippen LogP contribution in [-0.2, 0) is 36.9 Å². The molecule has 0 spiro atoms. The third-order valence-electron chi connectivity index (χ3n) is 15.1. The number of amides is 6. The van der Waals surface area contributed by atoms with Crippen LogP contribution in [0.5, 0.6) is 0 Å². The van der Waals surface area contributed by atoms with Crippen molar-refractivity contribution in [2.75, 3.05) is 27.2 Å². The van der Waals surface area contributed by atoms with Crippen molar-refractivity contribution in [1.29, 1.82) is 0 Å². The highest BCUT2D eigenvalue weighted by atomic mass is 32.1. The molecule has 33 heteroatoms. The van der Waals surface area contributed by atoms with Crippen molar-refractivity contribution < 1.29 is 58.4 Å². The number of carboxylic acid groups (broad SMARTS) is 2. The summed E-state index contributed by atoms with van der Waals surface area (Å²) in [5.74, 6) is -5.32. The van der Waals surface area contributed by atoms with Gasteiger partial charge in [-0.3, -0.25) is 38.1 Å². The fourth-order valence-corrected chi connectivity index (χ4v) is 15.9. The summed E-state index contributed by atoms with van der Waals surface area (Å²) in [6.45, 7) is 5.12. The van der Waals surface area contributed by atoms with Gasteiger partial charge in [0.15, 0.2) is 0 Å². The van der Waals surface area contributed by atoms with Gasteiger partial charge in [-0.15, -0.1) is 68.0 Å². The summed E-state index contributed by atoms with van der Waals surface area (Å²) in [4.78, 5) is 148. The van der Waals surface area contributed by atoms with E-state index in [2.05, 4.69) is 31.6 Å². The number of ether oxygens (including phenoxy) is 1. The molecule has 6 amide bonds. The van der Waals surface area contributed by atoms with E-state index in [1.54, 1.807) is 75.5 Å². The molecule has 2 unspecified atom stereocenters. The predicted molar refractivity (Wildman–Crippen MR) is 346 cm³/mol. The summed E-state index contributed by atoms with van der Waals surface area (Å²) in [7, 11) is 2.92. The number of methoxy groups -OCH3 is 1. The van der Waals surface area contributed by atoms with Crippen molar-refractivity contribution >= 4 is 115 Å². The molecule has 482 valence electrons. The minimum atomic E-state index is -1.31. The van der Waals surface area contributed by atoms with Crippen LogP contribution in [0.4, 0.5) is 0 Å². The Morgan fingerprint density at radius 3 is 2.22 bits per heavy atom. The van der Waals surface area contributed by atoms with E-state index in [-0.39, 0.29) is 72.5 Å². The van der Waals surface area contributed by atoms with Crippen LogP contribution in [0.25, 0.3) is 49.2 Å². The molecule has 8 N–H and O–H groups in total. The third kappa shape index (κ3) is 14.5. The quantitative estimate of drug-likeness (QED) is 0.0489. The molecule has 10 heterocycles. The first-order chi connectivity index (χ1) is 44.7. The second-order valence-electron chi connectivity index (χ2n) is 21.8. The number of nitrogens with zero attached hydrogens (tertiary/aromatic N) is 10. The summed E-state index contributed by atoms with van der Waals surface area (Å²) in [6, 6.07) is 8.27. The van der Waals surface area contributed by atoms with E-state index in [0.717, 1.165) is 34.0 Å². The number of imidazole rings is 1. The molecule has 1 saturated heterocycles. The standard InChI is InChI=1S/C60H59N15O12S6/c1-27(2)44-58-73-47(38(93-58)22-87-5)51(82)62-20-42(77)70-48(49(80)29-11-7-6-8-12-29)57-68-36(25-90-57)55-66-34(23-89-55)46-30(53-67-35(24-88-53)50(81)65-32(19-41(76)61-4)56-72-45(28(3)92-56)52(83)71-44)16-17-31(64-46)54-69-40(26-91-54)75-21-33(63-39(75)14-9-15-43(78)79)59(84)74-18-10-13-37(74)60(85)86/h6-8,11-12,16-17,21,23-27,32,37,44,48-49,80H,9-10,13-15,18-20,22H2,1-5H3,(H,61,76)(H,62,82)(H,65,81)(H,70,77)(H,71,83)(H,78,79)(H,85,86)/t32-,37?,44?,48-,49-/m0/s1. The molecular formula is C60H59N15O12S6. The Kier molecular flexibility index (Phi) is 20.1. The second-order valence-corrected chi connectivity index (χ2v) is 27.6. The number of aromatic nitrogens is 9. The normalized spacial score (nSPS) is 17.5. The van der Waals surface area contributed by atoms with Gasteiger partial charge >= 0.3 is 11.9 Å². The molecular weight excluding hydrogens is 1320 g/mol. The molecule has 0 aliphatic carbocycles. The average molecular weight is 1370 g/mol. The maximum absolute atomic E-state index is 14.4. The topological polar surface area (TPSA) is 378 Å². The lowest BCUT2D eigenvalue weighted by atomic mass is 10.0. The van der Waals surface area contributed by atoms with E-state index in [1.165, 1.54) is 59.3 Å². The predicted octanol–water partition coefficient (Wildman–Crippen LogP) is 7.59. The van der Waals surface area contributed by atoms with Crippen molar-refractivity contribution in [3.63, 3.8) is 0 Å². The van der Waals surface area contributed by atoms with E-state index in [9.17, 15) is 53.7 Å². The number of hydrogen-bond acceptors (Lipinski definition) is 24. The Morgan fingerprint density at radius 2 is 1.46 bits per heavy atom. The Balaban J connectivity index is 0.989. The fraction of sp³-hybridized carbons (Fsp3) is 0.333. The average Bonchev–Trinajstić information content (AvgIpc) is 1.69. The number of rotatable bonds is 15. The van der Waals surface area contributed by atoms with Gasteiger partial charge < -0.3 is 51.5 Å². The number of nitrogens with one attached hydrogen (secondary N) is 5. The van der Waals surface area contributed by atoms with Gasteiger partial charge in [-0.25, -0.2) is 44.7 Å². The Labute approximate surface area is 553 Å². The molecule has 1 fully saturated rings. The van der Waals surface area contributed by atoms with Crippen molar-refractivity contribution in [2.45, 2.75) is 96.2 Å². The largest absolute Gasteiger partial charge is 0.481 e. The lowest BCUT2D eigenvalue weighted by Gasteiger charge is -2.23. The van der Waals surface area contributed by atoms with Crippen LogP contribution in [0.1, 0.15) is 148 Å². The minimum Gasteiger partial charge on any atom is -0.481 e. The summed E-state index contributed by atoms with van der Waals surface area (Å²) < 4.78 is 7.04. The lowest BCUT2D eigenvalue weighted by molar-refractivity contribution is -0.141. The first-order valence-corrected chi connectivity index (χ1v) is 34.2. The molecule has 93 heavy (non-hydrogen) atoms. The van der Waals surface area contributed by atoms with Gasteiger partial charge in [0.25, 0.3) is 23.6 Å². The number of aliphatic carboxylic acids is 2. The van der Waals surface area contributed by atoms with Crippen LogP contribution >= 0.6 is 68.0 Å². The van der Waals surface area contributed by atoms with Crippen LogP contribution in [0.2, 0.25) is 0 Å². The molecule has 27 nitrogen and oxygen atoms in total. The summed E-state index contributed by atoms with van der Waals surface area (Å²) in [5, 5.41) is 54.4. The number of carbonyl (C=O) groups is 8. The number of thiazole rings is 6. The second kappa shape index (κ2) is 28.5. The van der Waals surface area contributed by atoms with Crippen LogP contribution in [0.3, 0.4) is 0 Å². The molecule has 1 aromatic carbocycles. The SMILES string of the molecule is CNC(=O)C[C@@H]1NC(=O)c2csc(n2)-c2ccc(-c3nc(-n4cc(C(=O)N5CCCC5C(=O)O)nc4CCCC(=O)O)cs3)nc2-c2csc(n2)-c2csc(n2)[C@H]([C@@H](O)c2ccccc2)NC(=O)CNC(=O)c2nc(sc2COC)C(C(C)C)NC(=O)c2nc1sc2C. The molecule has 0 radical (unpaired) electrons. The number of aliphatic hydroxyl groups is 1. The van der Waals surface area contributed by atoms with E-state index >= 15 is 0 Å². The Morgan fingerprint density at radius 1 is 0.731 bits per heavy atom. The molecule has 8 aromatic heterocycles. The van der Waals surface area contributed by atoms with Gasteiger partial charge in [0.05, 0.1) is 42.2 Å². The first-order valence-electron chi connectivity index (χ1n) is 29.0. The molecule has 9 aromatic rings. The zero-order valence-electron chi connectivity index (χ0n) is 50.2. The maximum Gasteiger partial charge on any atom is 0.326 e. The lowest BCUT2D eigenvalue weighted by Crippen LogP contribution is -2.40. The number of carbonyl (C=O) groups excluding carboxylic acids is 6. The van der Waals surface area contributed by atoms with Gasteiger partial charge in [0, 0.05) is 71.7 Å². The zero-order chi connectivity index (χ0) is 65.8. The number of pyridine rings is 1. The molecule has 0 saturated carbocycles. The van der Waals surface area contributed by atoms with Crippen LogP contribution in [0.15, 0.2) is 70.2 Å². The van der Waals surface area contributed by atoms with Crippen molar-refractivity contribution in [3.05, 3.63) is 129 Å². The van der Waals surface area contributed by atoms with Gasteiger partial charge in [-0.05, 0) is 49.8 Å². The molecule has 10 bridgehead atoms. The first kappa shape index (κ1) is 65.5. The van der Waals surface area contributed by atoms with Crippen LogP contribution in [-0.4, -0.2) is 145 Å². The summed E-state index contributed by atoms with van der Waals surface area (Å²) in [5.41, 5.74) is 2.36. The fourth-order valence-electron chi connectivity index (χ4n) is 10.4. The zero-order valence-corrected chi connectivity index (χ0v) is 55.1. The van der Waals surface area contributed by atoms with Gasteiger partial charge in [-0.1, -0.05) is 44.2 Å². The number of carboxylic acids is 2. The number of hydrogen-bond donors (Lipinski definition) is 8. The number of fused-ring (bicyclic) bond motifs is 14. The van der Waals surface area contributed by atoms with E-state index in [0.29, 0.717) is 93.2 Å². The number of benzene rings is 1. The van der Waals surface area contributed by atoms with Gasteiger partial charge in [0.1, 0.15) is 99.7 Å². The molecule has 11 rings (SSSR count). The van der Waals surface area contributed by atoms with Crippen LogP contribution in [0, 0.1) is 12.8 Å². The molecule has 5 atom stereocenters. The van der Waals surface area contributed by atoms with E-state index < -0.39 is 84.2 Å².